The minimum Gasteiger partial charge on any atom is -0.343 e. The van der Waals surface area contributed by atoms with Crippen LogP contribution < -0.4 is 10.2 Å². The third kappa shape index (κ3) is 4.44. The molecule has 5 aliphatic rings. The molecule has 0 radical (unpaired) electrons. The van der Waals surface area contributed by atoms with Crippen molar-refractivity contribution < 1.29 is 9.59 Å². The Labute approximate surface area is 208 Å². The number of nitrogens with one attached hydrogen (secondary N) is 1. The van der Waals surface area contributed by atoms with Crippen molar-refractivity contribution in [3.8, 4) is 0 Å². The van der Waals surface area contributed by atoms with Gasteiger partial charge in [-0.05, 0) is 68.4 Å². The highest BCUT2D eigenvalue weighted by Gasteiger charge is 2.55. The van der Waals surface area contributed by atoms with Crippen molar-refractivity contribution in [2.75, 3.05) is 42.1 Å². The Morgan fingerprint density at radius 3 is 2.26 bits per heavy atom. The highest BCUT2D eigenvalue weighted by Crippen LogP contribution is 2.60. The standard InChI is InChI=1S/C25H31N5O2S2/c31-21(26-20-4-2-1-3-5-20)16-33-24-28-27-23(34-24)30-8-6-29(7-9-30)22(32)25-13-17-10-18(14-25)12-19(11-17)15-25/h1-5,17-19H,6-16H2,(H,26,31). The molecule has 1 saturated heterocycles. The summed E-state index contributed by atoms with van der Waals surface area (Å²) in [5.74, 6) is 3.07. The zero-order valence-corrected chi connectivity index (χ0v) is 21.0. The Morgan fingerprint density at radius 2 is 1.62 bits per heavy atom. The first-order chi connectivity index (χ1) is 16.6. The molecule has 7 rings (SSSR count). The molecule has 2 aromatic rings. The fraction of sp³-hybridized carbons (Fsp3) is 0.600. The maximum atomic E-state index is 13.6. The van der Waals surface area contributed by atoms with E-state index < -0.39 is 0 Å². The van der Waals surface area contributed by atoms with Crippen LogP contribution in [0.3, 0.4) is 0 Å². The fourth-order valence-corrected chi connectivity index (χ4v) is 8.74. The Morgan fingerprint density at radius 1 is 0.971 bits per heavy atom. The predicted octanol–water partition coefficient (Wildman–Crippen LogP) is 4.13. The first-order valence-corrected chi connectivity index (χ1v) is 14.2. The normalized spacial score (nSPS) is 29.9. The molecule has 180 valence electrons. The molecule has 34 heavy (non-hydrogen) atoms. The highest BCUT2D eigenvalue weighted by atomic mass is 32.2. The van der Waals surface area contributed by atoms with E-state index in [1.807, 2.05) is 30.3 Å². The number of amides is 2. The van der Waals surface area contributed by atoms with Crippen LogP contribution in [0, 0.1) is 23.2 Å². The highest BCUT2D eigenvalue weighted by molar-refractivity contribution is 8.01. The van der Waals surface area contributed by atoms with Gasteiger partial charge in [-0.15, -0.1) is 10.2 Å². The summed E-state index contributed by atoms with van der Waals surface area (Å²) in [5.41, 5.74) is 0.746. The van der Waals surface area contributed by atoms with Crippen molar-refractivity contribution in [3.05, 3.63) is 30.3 Å². The summed E-state index contributed by atoms with van der Waals surface area (Å²) in [6, 6.07) is 9.47. The largest absolute Gasteiger partial charge is 0.343 e. The number of piperazine rings is 1. The van der Waals surface area contributed by atoms with E-state index >= 15 is 0 Å². The van der Waals surface area contributed by atoms with E-state index in [0.717, 1.165) is 78.4 Å². The van der Waals surface area contributed by atoms with Crippen molar-refractivity contribution in [3.63, 3.8) is 0 Å². The summed E-state index contributed by atoms with van der Waals surface area (Å²) >= 11 is 2.94. The third-order valence-electron chi connectivity index (χ3n) is 8.11. The zero-order chi connectivity index (χ0) is 23.1. The molecule has 2 amide bonds. The minimum absolute atomic E-state index is 0.0512. The number of benzene rings is 1. The van der Waals surface area contributed by atoms with Gasteiger partial charge in [0.1, 0.15) is 0 Å². The van der Waals surface area contributed by atoms with Gasteiger partial charge < -0.3 is 15.1 Å². The second-order valence-corrected chi connectivity index (χ2v) is 12.7. The number of carbonyl (C=O) groups excluding carboxylic acids is 2. The summed E-state index contributed by atoms with van der Waals surface area (Å²) in [6.07, 6.45) is 7.50. The molecule has 0 unspecified atom stereocenters. The number of thioether (sulfide) groups is 1. The van der Waals surface area contributed by atoms with E-state index in [4.69, 9.17) is 0 Å². The number of hydrogen-bond donors (Lipinski definition) is 1. The van der Waals surface area contributed by atoms with Crippen LogP contribution in [0.2, 0.25) is 0 Å². The van der Waals surface area contributed by atoms with Gasteiger partial charge in [-0.1, -0.05) is 41.3 Å². The molecular formula is C25H31N5O2S2. The van der Waals surface area contributed by atoms with Gasteiger partial charge in [0.2, 0.25) is 16.9 Å². The van der Waals surface area contributed by atoms with Crippen LogP contribution in [0.5, 0.6) is 0 Å². The lowest BCUT2D eigenvalue weighted by molar-refractivity contribution is -0.158. The van der Waals surface area contributed by atoms with Crippen molar-refractivity contribution in [1.29, 1.82) is 0 Å². The van der Waals surface area contributed by atoms with Crippen molar-refractivity contribution in [1.82, 2.24) is 15.1 Å². The van der Waals surface area contributed by atoms with Gasteiger partial charge in [0.25, 0.3) is 0 Å². The molecule has 5 fully saturated rings. The average Bonchev–Trinajstić information content (AvgIpc) is 3.31. The Bertz CT molecular complexity index is 1020. The maximum absolute atomic E-state index is 13.6. The van der Waals surface area contributed by atoms with Crippen LogP contribution in [0.25, 0.3) is 0 Å². The first-order valence-electron chi connectivity index (χ1n) is 12.4. The third-order valence-corrected chi connectivity index (χ3v) is 10.2. The molecule has 2 heterocycles. The van der Waals surface area contributed by atoms with E-state index in [0.29, 0.717) is 11.7 Å². The smallest absolute Gasteiger partial charge is 0.234 e. The lowest BCUT2D eigenvalue weighted by Gasteiger charge is -2.57. The fourth-order valence-electron chi connectivity index (χ4n) is 7.04. The zero-order valence-electron chi connectivity index (χ0n) is 19.3. The quantitative estimate of drug-likeness (QED) is 0.605. The number of rotatable bonds is 6. The van der Waals surface area contributed by atoms with E-state index in [2.05, 4.69) is 25.3 Å². The van der Waals surface area contributed by atoms with Crippen LogP contribution in [0.4, 0.5) is 10.8 Å². The van der Waals surface area contributed by atoms with Gasteiger partial charge in [0, 0.05) is 31.9 Å². The van der Waals surface area contributed by atoms with Crippen LogP contribution >= 0.6 is 23.1 Å². The van der Waals surface area contributed by atoms with Crippen molar-refractivity contribution in [2.45, 2.75) is 42.9 Å². The molecule has 7 nitrogen and oxygen atoms in total. The molecule has 1 aromatic carbocycles. The molecule has 1 aliphatic heterocycles. The molecular weight excluding hydrogens is 466 g/mol. The number of hydrogen-bond acceptors (Lipinski definition) is 7. The van der Waals surface area contributed by atoms with Crippen LogP contribution in [0.1, 0.15) is 38.5 Å². The molecule has 4 saturated carbocycles. The summed E-state index contributed by atoms with van der Waals surface area (Å²) in [6.45, 7) is 3.13. The molecule has 1 N–H and O–H groups in total. The molecule has 4 aliphatic carbocycles. The Kier molecular flexibility index (Phi) is 6.01. The van der Waals surface area contributed by atoms with Gasteiger partial charge in [0.05, 0.1) is 11.2 Å². The number of aromatic nitrogens is 2. The first kappa shape index (κ1) is 22.3. The molecule has 9 heteroatoms. The molecule has 0 atom stereocenters. The monoisotopic (exact) mass is 497 g/mol. The van der Waals surface area contributed by atoms with Crippen molar-refractivity contribution in [2.24, 2.45) is 23.2 Å². The number of anilines is 2. The maximum Gasteiger partial charge on any atom is 0.234 e. The molecule has 1 aromatic heterocycles. The van der Waals surface area contributed by atoms with Gasteiger partial charge in [0.15, 0.2) is 4.34 Å². The lowest BCUT2D eigenvalue weighted by atomic mass is 9.49. The second kappa shape index (κ2) is 9.15. The predicted molar refractivity (Wildman–Crippen MR) is 135 cm³/mol. The summed E-state index contributed by atoms with van der Waals surface area (Å²) in [7, 11) is 0. The average molecular weight is 498 g/mol. The summed E-state index contributed by atoms with van der Waals surface area (Å²) in [5, 5.41) is 12.4. The Balaban J connectivity index is 1.00. The van der Waals surface area contributed by atoms with E-state index in [1.165, 1.54) is 42.4 Å². The number of para-hydroxylation sites is 1. The van der Waals surface area contributed by atoms with Gasteiger partial charge in [-0.2, -0.15) is 0 Å². The molecule has 4 bridgehead atoms. The van der Waals surface area contributed by atoms with E-state index in [-0.39, 0.29) is 11.3 Å². The van der Waals surface area contributed by atoms with Crippen LogP contribution in [-0.2, 0) is 9.59 Å². The lowest BCUT2D eigenvalue weighted by Crippen LogP contribution is -2.58. The number of nitrogens with zero attached hydrogens (tertiary/aromatic N) is 4. The van der Waals surface area contributed by atoms with E-state index in [9.17, 15) is 9.59 Å². The second-order valence-electron chi connectivity index (χ2n) is 10.5. The van der Waals surface area contributed by atoms with E-state index in [1.54, 1.807) is 0 Å². The van der Waals surface area contributed by atoms with Crippen LogP contribution in [-0.4, -0.2) is 58.8 Å². The summed E-state index contributed by atoms with van der Waals surface area (Å²) in [4.78, 5) is 30.2. The van der Waals surface area contributed by atoms with Gasteiger partial charge >= 0.3 is 0 Å². The van der Waals surface area contributed by atoms with Gasteiger partial charge in [-0.3, -0.25) is 9.59 Å². The SMILES string of the molecule is O=C(CSc1nnc(N2CCN(C(=O)C34CC5CC(CC(C5)C3)C4)CC2)s1)Nc1ccccc1. The Hall–Kier alpha value is -2.13. The topological polar surface area (TPSA) is 78.4 Å². The van der Waals surface area contributed by atoms with Gasteiger partial charge in [-0.25, -0.2) is 0 Å². The number of carbonyl (C=O) groups is 2. The minimum atomic E-state index is -0.0518. The molecule has 0 spiro atoms. The summed E-state index contributed by atoms with van der Waals surface area (Å²) < 4.78 is 0.797. The van der Waals surface area contributed by atoms with Crippen molar-refractivity contribution >= 4 is 45.7 Å². The van der Waals surface area contributed by atoms with Crippen LogP contribution in [0.15, 0.2) is 34.7 Å².